The summed E-state index contributed by atoms with van der Waals surface area (Å²) in [6, 6.07) is 0. The predicted molar refractivity (Wildman–Crippen MR) is 122 cm³/mol. The fraction of sp³-hybridized carbons (Fsp3) is 1.00. The predicted octanol–water partition coefficient (Wildman–Crippen LogP) is 6.42. The first-order chi connectivity index (χ1) is 14.1. The van der Waals surface area contributed by atoms with Crippen molar-refractivity contribution in [2.75, 3.05) is 0 Å². The maximum absolute atomic E-state index is 11.3. The molecule has 0 fully saturated rings. The van der Waals surface area contributed by atoms with Crippen LogP contribution in [0.4, 0.5) is 0 Å². The van der Waals surface area contributed by atoms with Crippen molar-refractivity contribution in [3.05, 3.63) is 0 Å². The molecule has 0 aromatic heterocycles. The van der Waals surface area contributed by atoms with Crippen molar-refractivity contribution in [2.24, 2.45) is 0 Å². The standard InChI is InChI=1S/C21H46O7P2/c1-2-3-4-5-6-7-8-9-10-11-12-13-14-15-16-17-18-19-20-21(22,29(23,24)25)30(26,27)28/h22H,2-20H2,1H3,(H2,23,24,25)(H2,26,27,28). The van der Waals surface area contributed by atoms with Gasteiger partial charge in [-0.25, -0.2) is 0 Å². The second-order valence-corrected chi connectivity index (χ2v) is 12.6. The van der Waals surface area contributed by atoms with Gasteiger partial charge in [-0.15, -0.1) is 0 Å². The van der Waals surface area contributed by atoms with Gasteiger partial charge in [0.1, 0.15) is 0 Å². The van der Waals surface area contributed by atoms with Crippen LogP contribution in [0.25, 0.3) is 0 Å². The van der Waals surface area contributed by atoms with Crippen molar-refractivity contribution in [3.8, 4) is 0 Å². The summed E-state index contributed by atoms with van der Waals surface area (Å²) in [6.45, 7) is 2.25. The number of aliphatic hydroxyl groups is 1. The molecule has 0 aromatic carbocycles. The topological polar surface area (TPSA) is 135 Å². The largest absolute Gasteiger partial charge is 0.369 e. The van der Waals surface area contributed by atoms with Crippen LogP contribution in [0.5, 0.6) is 0 Å². The minimum absolute atomic E-state index is 0.172. The van der Waals surface area contributed by atoms with Gasteiger partial charge in [-0.05, 0) is 12.8 Å². The van der Waals surface area contributed by atoms with Crippen molar-refractivity contribution < 1.29 is 33.8 Å². The van der Waals surface area contributed by atoms with Gasteiger partial charge in [0.2, 0.25) is 0 Å². The molecule has 0 aromatic rings. The highest BCUT2D eigenvalue weighted by molar-refractivity contribution is 7.72. The first-order valence-corrected chi connectivity index (χ1v) is 15.1. The van der Waals surface area contributed by atoms with Crippen LogP contribution in [-0.4, -0.2) is 29.8 Å². The summed E-state index contributed by atoms with van der Waals surface area (Å²) in [6.07, 6.45) is 20.3. The van der Waals surface area contributed by atoms with Gasteiger partial charge in [-0.3, -0.25) is 9.13 Å². The van der Waals surface area contributed by atoms with E-state index in [1.807, 2.05) is 0 Å². The maximum Gasteiger partial charge on any atom is 0.369 e. The molecule has 5 N–H and O–H groups in total. The van der Waals surface area contributed by atoms with Crippen LogP contribution in [-0.2, 0) is 9.13 Å². The molecule has 0 saturated carbocycles. The highest BCUT2D eigenvalue weighted by Gasteiger charge is 2.58. The van der Waals surface area contributed by atoms with Crippen molar-refractivity contribution in [3.63, 3.8) is 0 Å². The molecule has 0 heterocycles. The third-order valence-corrected chi connectivity index (χ3v) is 9.68. The summed E-state index contributed by atoms with van der Waals surface area (Å²) < 4.78 is 22.5. The zero-order valence-corrected chi connectivity index (χ0v) is 20.7. The van der Waals surface area contributed by atoms with Gasteiger partial charge in [0.25, 0.3) is 5.08 Å². The van der Waals surface area contributed by atoms with E-state index in [2.05, 4.69) is 6.92 Å². The highest BCUT2D eigenvalue weighted by atomic mass is 31.2. The highest BCUT2D eigenvalue weighted by Crippen LogP contribution is 2.69. The van der Waals surface area contributed by atoms with E-state index in [1.165, 1.54) is 83.5 Å². The maximum atomic E-state index is 11.3. The quantitative estimate of drug-likeness (QED) is 0.0960. The van der Waals surface area contributed by atoms with Gasteiger partial charge in [-0.2, -0.15) is 0 Å². The number of hydrogen-bond donors (Lipinski definition) is 5. The van der Waals surface area contributed by atoms with Crippen LogP contribution in [0.1, 0.15) is 129 Å². The molecule has 0 spiro atoms. The number of unbranched alkanes of at least 4 members (excludes halogenated alkanes) is 17. The van der Waals surface area contributed by atoms with E-state index < -0.39 is 26.7 Å². The second-order valence-electron chi connectivity index (χ2n) is 8.62. The Morgan fingerprint density at radius 1 is 0.500 bits per heavy atom. The van der Waals surface area contributed by atoms with Crippen molar-refractivity contribution in [1.29, 1.82) is 0 Å². The summed E-state index contributed by atoms with van der Waals surface area (Å²) in [4.78, 5) is 36.3. The summed E-state index contributed by atoms with van der Waals surface area (Å²) in [5.74, 6) is 0. The Morgan fingerprint density at radius 3 is 0.967 bits per heavy atom. The van der Waals surface area contributed by atoms with Crippen LogP contribution in [0.2, 0.25) is 0 Å². The lowest BCUT2D eigenvalue weighted by Crippen LogP contribution is -2.28. The minimum atomic E-state index is -5.31. The molecule has 0 saturated heterocycles. The Labute approximate surface area is 183 Å². The molecular formula is C21H46O7P2. The summed E-state index contributed by atoms with van der Waals surface area (Å²) in [7, 11) is -10.6. The average Bonchev–Trinajstić information content (AvgIpc) is 2.65. The van der Waals surface area contributed by atoms with Crippen molar-refractivity contribution >= 4 is 15.2 Å². The van der Waals surface area contributed by atoms with Gasteiger partial charge >= 0.3 is 15.2 Å². The van der Waals surface area contributed by atoms with Crippen LogP contribution in [0.3, 0.4) is 0 Å². The zero-order valence-electron chi connectivity index (χ0n) is 18.9. The number of rotatable bonds is 21. The first-order valence-electron chi connectivity index (χ1n) is 11.9. The third kappa shape index (κ3) is 13.6. The zero-order chi connectivity index (χ0) is 22.9. The summed E-state index contributed by atoms with van der Waals surface area (Å²) >= 11 is 0. The van der Waals surface area contributed by atoms with Crippen LogP contribution < -0.4 is 0 Å². The van der Waals surface area contributed by atoms with E-state index in [-0.39, 0.29) is 6.42 Å². The smallest absolute Gasteiger partial charge is 0.368 e. The Hall–Kier alpha value is 0.260. The fourth-order valence-corrected chi connectivity index (χ4v) is 5.98. The van der Waals surface area contributed by atoms with E-state index in [0.29, 0.717) is 6.42 Å². The average molecular weight is 473 g/mol. The van der Waals surface area contributed by atoms with E-state index in [4.69, 9.17) is 19.6 Å². The molecule has 0 aliphatic heterocycles. The van der Waals surface area contributed by atoms with Crippen molar-refractivity contribution in [1.82, 2.24) is 0 Å². The minimum Gasteiger partial charge on any atom is -0.368 e. The molecule has 9 heteroatoms. The lowest BCUT2D eigenvalue weighted by Gasteiger charge is -2.29. The van der Waals surface area contributed by atoms with E-state index in [0.717, 1.165) is 19.3 Å². The molecule has 0 rings (SSSR count). The summed E-state index contributed by atoms with van der Waals surface area (Å²) in [5.41, 5.74) is 0. The molecule has 0 atom stereocenters. The van der Waals surface area contributed by atoms with Crippen LogP contribution in [0, 0.1) is 0 Å². The Morgan fingerprint density at radius 2 is 0.733 bits per heavy atom. The van der Waals surface area contributed by atoms with Crippen LogP contribution in [0.15, 0.2) is 0 Å². The molecule has 0 aliphatic carbocycles. The lowest BCUT2D eigenvalue weighted by atomic mass is 10.0. The molecule has 0 aliphatic rings. The Bertz CT molecular complexity index is 480. The van der Waals surface area contributed by atoms with Crippen LogP contribution >= 0.6 is 15.2 Å². The van der Waals surface area contributed by atoms with Crippen molar-refractivity contribution in [2.45, 2.75) is 134 Å². The van der Waals surface area contributed by atoms with Gasteiger partial charge in [-0.1, -0.05) is 116 Å². The molecule has 0 bridgehead atoms. The first kappa shape index (κ1) is 30.3. The molecule has 30 heavy (non-hydrogen) atoms. The lowest BCUT2D eigenvalue weighted by molar-refractivity contribution is 0.120. The van der Waals surface area contributed by atoms with E-state index >= 15 is 0 Å². The third-order valence-electron chi connectivity index (χ3n) is 5.80. The molecule has 0 unspecified atom stereocenters. The monoisotopic (exact) mass is 472 g/mol. The van der Waals surface area contributed by atoms with E-state index in [1.54, 1.807) is 0 Å². The van der Waals surface area contributed by atoms with E-state index in [9.17, 15) is 14.2 Å². The molecule has 182 valence electrons. The molecule has 7 nitrogen and oxygen atoms in total. The van der Waals surface area contributed by atoms with Gasteiger partial charge in [0.15, 0.2) is 0 Å². The summed E-state index contributed by atoms with van der Waals surface area (Å²) in [5, 5.41) is 6.54. The SMILES string of the molecule is CCCCCCCCCCCCCCCCCCCCC(O)(P(=O)(O)O)P(=O)(O)O. The Balaban J connectivity index is 3.51. The molecule has 0 radical (unpaired) electrons. The van der Waals surface area contributed by atoms with Gasteiger partial charge in [0.05, 0.1) is 0 Å². The molecular weight excluding hydrogens is 426 g/mol. The molecule has 0 amide bonds. The second kappa shape index (κ2) is 16.8. The van der Waals surface area contributed by atoms with Gasteiger partial charge < -0.3 is 24.7 Å². The Kier molecular flexibility index (Phi) is 17.0. The fourth-order valence-electron chi connectivity index (χ4n) is 3.72. The van der Waals surface area contributed by atoms with Gasteiger partial charge in [0, 0.05) is 0 Å². The normalized spacial score (nSPS) is 13.1. The number of hydrogen-bond acceptors (Lipinski definition) is 3.